The van der Waals surface area contributed by atoms with Crippen molar-refractivity contribution >= 4 is 11.9 Å². The van der Waals surface area contributed by atoms with Crippen LogP contribution >= 0.6 is 0 Å². The number of piperidine rings is 1. The zero-order valence-electron chi connectivity index (χ0n) is 22.7. The van der Waals surface area contributed by atoms with Gasteiger partial charge in [-0.25, -0.2) is 23.1 Å². The van der Waals surface area contributed by atoms with Gasteiger partial charge in [0.15, 0.2) is 0 Å². The van der Waals surface area contributed by atoms with Crippen LogP contribution in [0.2, 0.25) is 0 Å². The third-order valence-corrected chi connectivity index (χ3v) is 7.27. The average molecular weight is 534 g/mol. The summed E-state index contributed by atoms with van der Waals surface area (Å²) in [5.41, 5.74) is 1.45. The molecule has 1 unspecified atom stereocenters. The van der Waals surface area contributed by atoms with Crippen LogP contribution in [0.5, 0.6) is 0 Å². The molecule has 2 aromatic rings. The minimum Gasteiger partial charge on any atom is -0.373 e. The number of aromatic nitrogens is 2. The Morgan fingerprint density at radius 2 is 1.92 bits per heavy atom. The van der Waals surface area contributed by atoms with Crippen molar-refractivity contribution in [2.24, 2.45) is 5.92 Å². The Morgan fingerprint density at radius 1 is 1.21 bits per heavy atom. The van der Waals surface area contributed by atoms with E-state index in [1.807, 2.05) is 45.6 Å². The summed E-state index contributed by atoms with van der Waals surface area (Å²) in [6.07, 6.45) is 1.06. The lowest BCUT2D eigenvalue weighted by atomic mass is 9.88. The van der Waals surface area contributed by atoms with Crippen LogP contribution in [0.1, 0.15) is 76.2 Å². The number of rotatable bonds is 8. The highest BCUT2D eigenvalue weighted by Crippen LogP contribution is 2.34. The summed E-state index contributed by atoms with van der Waals surface area (Å²) in [7, 11) is 0. The quantitative estimate of drug-likeness (QED) is 0.494. The lowest BCUT2D eigenvalue weighted by molar-refractivity contribution is -0.122. The van der Waals surface area contributed by atoms with Gasteiger partial charge in [-0.2, -0.15) is 0 Å². The number of hydrogen-bond donors (Lipinski definition) is 2. The number of nitrogens with zero attached hydrogens (tertiary/aromatic N) is 3. The second-order valence-corrected chi connectivity index (χ2v) is 11.5. The molecule has 2 aliphatic rings. The molecule has 0 bridgehead atoms. The van der Waals surface area contributed by atoms with Crippen LogP contribution in [0.3, 0.4) is 0 Å². The van der Waals surface area contributed by atoms with Crippen molar-refractivity contribution in [2.75, 3.05) is 25.0 Å². The Hall–Kier alpha value is -2.72. The Labute approximate surface area is 222 Å². The second kappa shape index (κ2) is 11.2. The zero-order chi connectivity index (χ0) is 27.7. The predicted octanol–water partition coefficient (Wildman–Crippen LogP) is 5.05. The highest BCUT2D eigenvalue weighted by molar-refractivity contribution is 5.85. The Balaban J connectivity index is 1.42. The van der Waals surface area contributed by atoms with Gasteiger partial charge in [-0.15, -0.1) is 0 Å². The number of benzene rings is 1. The summed E-state index contributed by atoms with van der Waals surface area (Å²) in [6, 6.07) is 6.43. The summed E-state index contributed by atoms with van der Waals surface area (Å²) < 4.78 is 47.9. The smallest absolute Gasteiger partial charge is 0.250 e. The molecule has 38 heavy (non-hydrogen) atoms. The number of carbonyl (C=O) groups is 1. The van der Waals surface area contributed by atoms with Gasteiger partial charge >= 0.3 is 0 Å². The second-order valence-electron chi connectivity index (χ2n) is 11.5. The molecule has 7 nitrogen and oxygen atoms in total. The van der Waals surface area contributed by atoms with Crippen molar-refractivity contribution in [1.82, 2.24) is 20.2 Å². The van der Waals surface area contributed by atoms with Crippen LogP contribution in [0, 0.1) is 11.7 Å². The van der Waals surface area contributed by atoms with Gasteiger partial charge < -0.3 is 15.4 Å². The van der Waals surface area contributed by atoms with Crippen molar-refractivity contribution in [2.45, 2.75) is 83.6 Å². The first-order chi connectivity index (χ1) is 17.8. The number of likely N-dealkylation sites (tertiary alicyclic amines) is 1. The van der Waals surface area contributed by atoms with Crippen LogP contribution in [-0.4, -0.2) is 58.0 Å². The maximum absolute atomic E-state index is 14.9. The van der Waals surface area contributed by atoms with Crippen molar-refractivity contribution in [3.8, 4) is 0 Å². The van der Waals surface area contributed by atoms with E-state index in [1.165, 1.54) is 6.07 Å². The summed E-state index contributed by atoms with van der Waals surface area (Å²) >= 11 is 0. The Morgan fingerprint density at radius 3 is 2.58 bits per heavy atom. The van der Waals surface area contributed by atoms with Gasteiger partial charge in [0.05, 0.1) is 29.4 Å². The first-order valence-electron chi connectivity index (χ1n) is 13.2. The summed E-state index contributed by atoms with van der Waals surface area (Å²) in [4.78, 5) is 23.5. The zero-order valence-corrected chi connectivity index (χ0v) is 22.7. The molecule has 2 N–H and O–H groups in total. The van der Waals surface area contributed by atoms with Crippen molar-refractivity contribution < 1.29 is 22.7 Å². The van der Waals surface area contributed by atoms with E-state index in [2.05, 4.69) is 20.6 Å². The van der Waals surface area contributed by atoms with E-state index in [4.69, 9.17) is 4.74 Å². The highest BCUT2D eigenvalue weighted by atomic mass is 19.3. The van der Waals surface area contributed by atoms with E-state index in [1.54, 1.807) is 18.3 Å². The largest absolute Gasteiger partial charge is 0.373 e. The molecule has 2 aliphatic heterocycles. The van der Waals surface area contributed by atoms with E-state index in [0.29, 0.717) is 35.9 Å². The average Bonchev–Trinajstić information content (AvgIpc) is 3.22. The van der Waals surface area contributed by atoms with Crippen molar-refractivity contribution in [3.63, 3.8) is 0 Å². The van der Waals surface area contributed by atoms with Crippen LogP contribution < -0.4 is 10.6 Å². The fraction of sp³-hybridized carbons (Fsp3) is 0.607. The molecule has 10 heteroatoms. The third-order valence-electron chi connectivity index (χ3n) is 7.27. The monoisotopic (exact) mass is 533 g/mol. The molecular formula is C28H38F3N5O2. The van der Waals surface area contributed by atoms with Crippen molar-refractivity contribution in [3.05, 3.63) is 53.1 Å². The van der Waals surface area contributed by atoms with Gasteiger partial charge in [-0.05, 0) is 52.3 Å². The highest BCUT2D eigenvalue weighted by Gasteiger charge is 2.41. The molecule has 1 aromatic heterocycles. The molecule has 4 rings (SSSR count). The number of carbonyl (C=O) groups excluding carboxylic acids is 1. The number of alkyl halides is 2. The lowest BCUT2D eigenvalue weighted by Gasteiger charge is -2.31. The molecule has 2 saturated heterocycles. The molecule has 1 amide bonds. The maximum atomic E-state index is 14.9. The third kappa shape index (κ3) is 7.02. The van der Waals surface area contributed by atoms with E-state index < -0.39 is 11.8 Å². The molecule has 3 heterocycles. The van der Waals surface area contributed by atoms with Gasteiger partial charge in [0.1, 0.15) is 5.82 Å². The summed E-state index contributed by atoms with van der Waals surface area (Å²) in [5.74, 6) is -3.28. The van der Waals surface area contributed by atoms with Crippen molar-refractivity contribution in [1.29, 1.82) is 0 Å². The van der Waals surface area contributed by atoms with Gasteiger partial charge in [-0.3, -0.25) is 9.69 Å². The number of anilines is 1. The molecule has 0 aliphatic carbocycles. The van der Waals surface area contributed by atoms with Crippen LogP contribution in [-0.2, 0) is 16.1 Å². The van der Waals surface area contributed by atoms with Gasteiger partial charge in [0.2, 0.25) is 11.9 Å². The summed E-state index contributed by atoms with van der Waals surface area (Å²) in [5, 5.41) is 6.14. The molecule has 208 valence electrons. The first kappa shape index (κ1) is 28.3. The fourth-order valence-corrected chi connectivity index (χ4v) is 5.21. The molecule has 1 aromatic carbocycles. The van der Waals surface area contributed by atoms with E-state index in [-0.39, 0.29) is 61.3 Å². The summed E-state index contributed by atoms with van der Waals surface area (Å²) in [6.45, 7) is 11.1. The number of halogens is 3. The molecule has 4 atom stereocenters. The number of hydrogen-bond acceptors (Lipinski definition) is 6. The SMILES string of the molecule is C[C@H](Nc1nccc([C@@H]2C(=O)NCC2[C@@H](C)OC(C)(C)C)n1)c1ccc(CN2CCC(F)(F)CC2)c(F)c1. The van der Waals surface area contributed by atoms with Crippen LogP contribution in [0.4, 0.5) is 19.1 Å². The van der Waals surface area contributed by atoms with Gasteiger partial charge in [-0.1, -0.05) is 12.1 Å². The molecular weight excluding hydrogens is 495 g/mol. The van der Waals surface area contributed by atoms with E-state index >= 15 is 0 Å². The van der Waals surface area contributed by atoms with Crippen LogP contribution in [0.25, 0.3) is 0 Å². The normalized spacial score (nSPS) is 23.6. The predicted molar refractivity (Wildman–Crippen MR) is 139 cm³/mol. The Bertz CT molecular complexity index is 1130. The number of amides is 1. The minimum absolute atomic E-state index is 0.0744. The minimum atomic E-state index is -2.62. The lowest BCUT2D eigenvalue weighted by Crippen LogP contribution is -2.39. The number of ether oxygens (including phenoxy) is 1. The van der Waals surface area contributed by atoms with E-state index in [0.717, 1.165) is 0 Å². The fourth-order valence-electron chi connectivity index (χ4n) is 5.21. The maximum Gasteiger partial charge on any atom is 0.250 e. The molecule has 0 radical (unpaired) electrons. The first-order valence-corrected chi connectivity index (χ1v) is 13.2. The van der Waals surface area contributed by atoms with Crippen LogP contribution in [0.15, 0.2) is 30.5 Å². The van der Waals surface area contributed by atoms with Gasteiger partial charge in [0, 0.05) is 56.7 Å². The molecule has 0 spiro atoms. The standard InChI is InChI=1S/C28H38F3N5O2/c1-17(19-6-7-20(22(29)14-19)16-36-12-9-28(30,31)10-13-36)34-26-32-11-8-23(35-26)24-21(15-33-25(24)37)18(2)38-27(3,4)5/h6-8,11,14,17-18,21,24H,9-10,12-13,15-16H2,1-5H3,(H,33,37)(H,32,34,35)/t17-,18+,21?,24+/m0/s1. The molecule has 0 saturated carbocycles. The number of nitrogens with one attached hydrogen (secondary N) is 2. The Kier molecular flexibility index (Phi) is 8.32. The topological polar surface area (TPSA) is 79.4 Å². The molecule has 2 fully saturated rings. The van der Waals surface area contributed by atoms with E-state index in [9.17, 15) is 18.0 Å². The van der Waals surface area contributed by atoms with Gasteiger partial charge in [0.25, 0.3) is 5.92 Å².